The van der Waals surface area contributed by atoms with Crippen LogP contribution in [0, 0.1) is 0 Å². The first-order valence-corrected chi connectivity index (χ1v) is 5.63. The average molecular weight is 258 g/mol. The molecule has 0 saturated carbocycles. The van der Waals surface area contributed by atoms with Gasteiger partial charge < -0.3 is 14.8 Å². The Balaban J connectivity index is 3.16. The Hall–Kier alpha value is -2.11. The Labute approximate surface area is 112 Å². The normalized spacial score (nSPS) is 11.9. The molecule has 0 bridgehead atoms. The van der Waals surface area contributed by atoms with Crippen molar-refractivity contribution in [2.24, 2.45) is 0 Å². The number of allylic oxidation sites excluding steroid dienone is 4. The van der Waals surface area contributed by atoms with E-state index in [1.807, 2.05) is 30.3 Å². The van der Waals surface area contributed by atoms with Crippen molar-refractivity contribution in [2.75, 3.05) is 7.11 Å². The summed E-state index contributed by atoms with van der Waals surface area (Å²) in [5.74, 6) is -0.657. The van der Waals surface area contributed by atoms with Gasteiger partial charge in [-0.1, -0.05) is 49.1 Å². The molecule has 0 aliphatic carbocycles. The smallest absolute Gasteiger partial charge is 0.466 e. The van der Waals surface area contributed by atoms with Gasteiger partial charge in [0.05, 0.1) is 7.11 Å². The highest BCUT2D eigenvalue weighted by Crippen LogP contribution is 2.17. The van der Waals surface area contributed by atoms with Crippen LogP contribution in [-0.2, 0) is 9.53 Å². The molecule has 2 N–H and O–H groups in total. The molecule has 0 spiro atoms. The van der Waals surface area contributed by atoms with Crippen molar-refractivity contribution in [3.8, 4) is 0 Å². The van der Waals surface area contributed by atoms with Gasteiger partial charge in [-0.05, 0) is 16.6 Å². The summed E-state index contributed by atoms with van der Waals surface area (Å²) in [5.41, 5.74) is 1.56. The number of hydrogen-bond donors (Lipinski definition) is 2. The zero-order valence-corrected chi connectivity index (χ0v) is 10.6. The van der Waals surface area contributed by atoms with Gasteiger partial charge in [-0.2, -0.15) is 0 Å². The molecule has 0 heterocycles. The SMILES string of the molecule is C=C/C(=C\C(=C\C(=O)OC)B(O)O)c1ccccc1. The summed E-state index contributed by atoms with van der Waals surface area (Å²) >= 11 is 0. The molecule has 1 aromatic carbocycles. The van der Waals surface area contributed by atoms with Gasteiger partial charge in [-0.3, -0.25) is 0 Å². The molecule has 0 aliphatic heterocycles. The Morgan fingerprint density at radius 1 is 1.26 bits per heavy atom. The summed E-state index contributed by atoms with van der Waals surface area (Å²) in [4.78, 5) is 11.2. The van der Waals surface area contributed by atoms with Crippen molar-refractivity contribution in [3.05, 3.63) is 66.2 Å². The zero-order chi connectivity index (χ0) is 14.3. The minimum atomic E-state index is -1.77. The molecule has 1 rings (SSSR count). The predicted octanol–water partition coefficient (Wildman–Crippen LogP) is 1.37. The molecule has 0 atom stereocenters. The lowest BCUT2D eigenvalue weighted by molar-refractivity contribution is -0.134. The summed E-state index contributed by atoms with van der Waals surface area (Å²) in [7, 11) is -0.548. The van der Waals surface area contributed by atoms with E-state index in [-0.39, 0.29) is 5.47 Å². The van der Waals surface area contributed by atoms with Gasteiger partial charge in [0.2, 0.25) is 0 Å². The van der Waals surface area contributed by atoms with E-state index in [1.165, 1.54) is 13.2 Å². The van der Waals surface area contributed by atoms with E-state index in [2.05, 4.69) is 11.3 Å². The first-order valence-electron chi connectivity index (χ1n) is 5.63. The lowest BCUT2D eigenvalue weighted by Crippen LogP contribution is -2.16. The molecule has 4 nitrogen and oxygen atoms in total. The van der Waals surface area contributed by atoms with Gasteiger partial charge in [0.1, 0.15) is 0 Å². The third-order valence-corrected chi connectivity index (χ3v) is 2.43. The number of esters is 1. The molecular weight excluding hydrogens is 243 g/mol. The zero-order valence-electron chi connectivity index (χ0n) is 10.6. The molecule has 1 aromatic rings. The van der Waals surface area contributed by atoms with Crippen LogP contribution in [0.25, 0.3) is 5.57 Å². The number of carbonyl (C=O) groups is 1. The molecule has 0 saturated heterocycles. The van der Waals surface area contributed by atoms with Gasteiger partial charge >= 0.3 is 13.1 Å². The first-order chi connectivity index (χ1) is 9.08. The fourth-order valence-corrected chi connectivity index (χ4v) is 1.46. The maximum absolute atomic E-state index is 11.2. The Morgan fingerprint density at radius 3 is 2.37 bits per heavy atom. The number of ether oxygens (including phenoxy) is 1. The van der Waals surface area contributed by atoms with Crippen LogP contribution in [0.15, 0.2) is 60.6 Å². The highest BCUT2D eigenvalue weighted by molar-refractivity contribution is 6.52. The van der Waals surface area contributed by atoms with E-state index >= 15 is 0 Å². The molecule has 0 fully saturated rings. The fourth-order valence-electron chi connectivity index (χ4n) is 1.46. The van der Waals surface area contributed by atoms with Gasteiger partial charge in [0.15, 0.2) is 0 Å². The van der Waals surface area contributed by atoms with Gasteiger partial charge in [0, 0.05) is 6.08 Å². The second-order valence-electron chi connectivity index (χ2n) is 3.71. The monoisotopic (exact) mass is 258 g/mol. The van der Waals surface area contributed by atoms with E-state index in [0.29, 0.717) is 5.57 Å². The van der Waals surface area contributed by atoms with Gasteiger partial charge in [-0.25, -0.2) is 4.79 Å². The molecule has 0 unspecified atom stereocenters. The standard InChI is InChI=1S/C14H15BO4/c1-3-11(12-7-5-4-6-8-12)9-13(15(17)18)10-14(16)19-2/h3-10,17-18H,1H2,2H3/b11-9+,13-10-. The number of rotatable bonds is 5. The summed E-state index contributed by atoms with van der Waals surface area (Å²) in [6.07, 6.45) is 4.07. The summed E-state index contributed by atoms with van der Waals surface area (Å²) in [6, 6.07) is 9.29. The van der Waals surface area contributed by atoms with E-state index in [1.54, 1.807) is 6.08 Å². The fraction of sp³-hybridized carbons (Fsp3) is 0.0714. The van der Waals surface area contributed by atoms with Gasteiger partial charge in [-0.15, -0.1) is 0 Å². The van der Waals surface area contributed by atoms with Crippen LogP contribution in [0.3, 0.4) is 0 Å². The lowest BCUT2D eigenvalue weighted by atomic mass is 9.77. The van der Waals surface area contributed by atoms with E-state index in [9.17, 15) is 14.8 Å². The summed E-state index contributed by atoms with van der Waals surface area (Å²) < 4.78 is 4.46. The first kappa shape index (κ1) is 15.0. The van der Waals surface area contributed by atoms with Crippen LogP contribution in [0.1, 0.15) is 5.56 Å². The number of carbonyl (C=O) groups excluding carboxylic acids is 1. The Bertz CT molecular complexity index is 503. The van der Waals surface area contributed by atoms with E-state index in [0.717, 1.165) is 11.6 Å². The molecule has 0 aliphatic rings. The predicted molar refractivity (Wildman–Crippen MR) is 74.9 cm³/mol. The summed E-state index contributed by atoms with van der Waals surface area (Å²) in [6.45, 7) is 3.67. The number of methoxy groups -OCH3 is 1. The molecule has 0 amide bonds. The number of benzene rings is 1. The molecule has 0 aromatic heterocycles. The van der Waals surface area contributed by atoms with Crippen LogP contribution < -0.4 is 0 Å². The van der Waals surface area contributed by atoms with Crippen LogP contribution in [-0.4, -0.2) is 30.2 Å². The third-order valence-electron chi connectivity index (χ3n) is 2.43. The maximum Gasteiger partial charge on any atom is 0.488 e. The second-order valence-corrected chi connectivity index (χ2v) is 3.71. The van der Waals surface area contributed by atoms with Crippen LogP contribution in [0.2, 0.25) is 0 Å². The summed E-state index contributed by atoms with van der Waals surface area (Å²) in [5, 5.41) is 18.5. The largest absolute Gasteiger partial charge is 0.488 e. The third kappa shape index (κ3) is 4.58. The molecular formula is C14H15BO4. The topological polar surface area (TPSA) is 66.8 Å². The van der Waals surface area contributed by atoms with Crippen LogP contribution in [0.4, 0.5) is 0 Å². The van der Waals surface area contributed by atoms with E-state index < -0.39 is 13.1 Å². The van der Waals surface area contributed by atoms with Crippen molar-refractivity contribution >= 4 is 18.7 Å². The quantitative estimate of drug-likeness (QED) is 0.362. The minimum absolute atomic E-state index is 0.0330. The van der Waals surface area contributed by atoms with Crippen molar-refractivity contribution in [2.45, 2.75) is 0 Å². The van der Waals surface area contributed by atoms with Crippen molar-refractivity contribution in [1.29, 1.82) is 0 Å². The van der Waals surface area contributed by atoms with Crippen LogP contribution >= 0.6 is 0 Å². The molecule has 5 heteroatoms. The lowest BCUT2D eigenvalue weighted by Gasteiger charge is -2.05. The Kier molecular flexibility index (Phi) is 5.79. The Morgan fingerprint density at radius 2 is 1.89 bits per heavy atom. The highest BCUT2D eigenvalue weighted by Gasteiger charge is 2.15. The minimum Gasteiger partial charge on any atom is -0.466 e. The van der Waals surface area contributed by atoms with Crippen molar-refractivity contribution in [1.82, 2.24) is 0 Å². The molecule has 19 heavy (non-hydrogen) atoms. The van der Waals surface area contributed by atoms with Crippen LogP contribution in [0.5, 0.6) is 0 Å². The highest BCUT2D eigenvalue weighted by atomic mass is 16.5. The second kappa shape index (κ2) is 7.36. The maximum atomic E-state index is 11.2. The van der Waals surface area contributed by atoms with Gasteiger partial charge in [0.25, 0.3) is 0 Å². The molecule has 0 radical (unpaired) electrons. The van der Waals surface area contributed by atoms with Crippen molar-refractivity contribution < 1.29 is 19.6 Å². The van der Waals surface area contributed by atoms with E-state index in [4.69, 9.17) is 0 Å². The number of hydrogen-bond acceptors (Lipinski definition) is 4. The average Bonchev–Trinajstić information content (AvgIpc) is 2.43. The molecule has 98 valence electrons. The van der Waals surface area contributed by atoms with Crippen molar-refractivity contribution in [3.63, 3.8) is 0 Å².